The summed E-state index contributed by atoms with van der Waals surface area (Å²) in [6.07, 6.45) is 18.8. The molecule has 2 fully saturated rings. The van der Waals surface area contributed by atoms with Crippen LogP contribution >= 0.6 is 0 Å². The molecule has 0 unspecified atom stereocenters. The summed E-state index contributed by atoms with van der Waals surface area (Å²) < 4.78 is 5.52. The molecule has 0 amide bonds. The third kappa shape index (κ3) is 6.82. The van der Waals surface area contributed by atoms with Crippen LogP contribution in [-0.4, -0.2) is 23.3 Å². The molecular weight excluding hydrogens is 376 g/mol. The number of hydrogen-bond donors (Lipinski definition) is 0. The van der Waals surface area contributed by atoms with E-state index in [1.54, 1.807) is 0 Å². The molecule has 30 heavy (non-hydrogen) atoms. The van der Waals surface area contributed by atoms with Gasteiger partial charge in [0.1, 0.15) is 17.3 Å². The summed E-state index contributed by atoms with van der Waals surface area (Å²) in [6.45, 7) is 4.04. The molecule has 0 spiro atoms. The van der Waals surface area contributed by atoms with Gasteiger partial charge < -0.3 is 4.74 Å². The average Bonchev–Trinajstić information content (AvgIpc) is 3.02. The molecule has 2 aliphatic rings. The Morgan fingerprint density at radius 3 is 2.53 bits per heavy atom. The van der Waals surface area contributed by atoms with E-state index in [4.69, 9.17) is 14.5 Å². The third-order valence-electron chi connectivity index (χ3n) is 6.13. The van der Waals surface area contributed by atoms with E-state index in [1.165, 1.54) is 37.7 Å². The Labute approximate surface area is 181 Å². The lowest BCUT2D eigenvalue weighted by atomic mass is 9.82. The summed E-state index contributed by atoms with van der Waals surface area (Å²) in [5, 5.41) is 0. The first-order valence-electron chi connectivity index (χ1n) is 11.4. The van der Waals surface area contributed by atoms with Gasteiger partial charge in [-0.1, -0.05) is 86.7 Å². The normalized spacial score (nSPS) is 28.9. The van der Waals surface area contributed by atoms with Crippen molar-refractivity contribution >= 4 is 12.0 Å². The molecule has 1 aromatic carbocycles. The second kappa shape index (κ2) is 10.9. The maximum absolute atomic E-state index is 11.6. The number of unbranched alkanes of at least 4 members (excludes halogenated alkanes) is 6. The monoisotopic (exact) mass is 412 g/mol. The van der Waals surface area contributed by atoms with Crippen LogP contribution in [0.15, 0.2) is 48.6 Å². The fourth-order valence-corrected chi connectivity index (χ4v) is 4.47. The van der Waals surface area contributed by atoms with Gasteiger partial charge in [0.25, 0.3) is 0 Å². The number of allylic oxidation sites excluding steroid dienone is 3. The van der Waals surface area contributed by atoms with Crippen molar-refractivity contribution in [3.63, 3.8) is 0 Å². The van der Waals surface area contributed by atoms with Crippen LogP contribution in [0.3, 0.4) is 0 Å². The van der Waals surface area contributed by atoms with E-state index in [9.17, 15) is 4.79 Å². The van der Waals surface area contributed by atoms with Crippen LogP contribution in [-0.2, 0) is 19.3 Å². The fraction of sp³-hybridized carbons (Fsp3) is 0.577. The molecule has 0 saturated carbocycles. The molecular formula is C26H36O4. The van der Waals surface area contributed by atoms with Gasteiger partial charge in [-0.3, -0.25) is 4.79 Å². The van der Waals surface area contributed by atoms with Crippen LogP contribution in [0.5, 0.6) is 0 Å². The van der Waals surface area contributed by atoms with Gasteiger partial charge in [-0.2, -0.15) is 0 Å². The molecule has 0 radical (unpaired) electrons. The van der Waals surface area contributed by atoms with E-state index in [0.717, 1.165) is 19.3 Å². The molecule has 1 aromatic rings. The minimum atomic E-state index is -0.534. The van der Waals surface area contributed by atoms with Gasteiger partial charge in [-0.05, 0) is 38.7 Å². The molecule has 164 valence electrons. The molecule has 2 aliphatic heterocycles. The number of esters is 1. The maximum Gasteiger partial charge on any atom is 0.309 e. The van der Waals surface area contributed by atoms with Crippen LogP contribution in [0.25, 0.3) is 6.08 Å². The van der Waals surface area contributed by atoms with E-state index in [2.05, 4.69) is 55.5 Å². The van der Waals surface area contributed by atoms with Gasteiger partial charge in [0.05, 0.1) is 6.42 Å². The highest BCUT2D eigenvalue weighted by Gasteiger charge is 2.55. The zero-order valence-corrected chi connectivity index (χ0v) is 18.5. The quantitative estimate of drug-likeness (QED) is 0.179. The first-order valence-corrected chi connectivity index (χ1v) is 11.4. The summed E-state index contributed by atoms with van der Waals surface area (Å²) >= 11 is 0. The van der Waals surface area contributed by atoms with Crippen molar-refractivity contribution in [3.05, 3.63) is 54.1 Å². The van der Waals surface area contributed by atoms with Crippen molar-refractivity contribution in [3.8, 4) is 0 Å². The predicted octanol–water partition coefficient (Wildman–Crippen LogP) is 6.56. The number of hydrogen-bond acceptors (Lipinski definition) is 4. The van der Waals surface area contributed by atoms with E-state index in [0.29, 0.717) is 12.8 Å². The second-order valence-corrected chi connectivity index (χ2v) is 9.14. The number of rotatable bonds is 11. The Balaban J connectivity index is 1.20. The largest absolute Gasteiger partial charge is 0.456 e. The summed E-state index contributed by atoms with van der Waals surface area (Å²) in [4.78, 5) is 22.8. The highest BCUT2D eigenvalue weighted by Crippen LogP contribution is 2.44. The molecule has 0 bridgehead atoms. The molecule has 4 heteroatoms. The van der Waals surface area contributed by atoms with Gasteiger partial charge in [-0.15, -0.1) is 0 Å². The Morgan fingerprint density at radius 2 is 1.73 bits per heavy atom. The second-order valence-electron chi connectivity index (χ2n) is 9.14. The zero-order chi connectivity index (χ0) is 21.3. The van der Waals surface area contributed by atoms with Gasteiger partial charge in [0.15, 0.2) is 0 Å². The van der Waals surface area contributed by atoms with E-state index in [-0.39, 0.29) is 17.7 Å². The smallest absolute Gasteiger partial charge is 0.309 e. The molecule has 0 aliphatic carbocycles. The number of benzene rings is 1. The number of carbonyl (C=O) groups is 1. The van der Waals surface area contributed by atoms with E-state index >= 15 is 0 Å². The molecule has 0 N–H and O–H groups in total. The lowest BCUT2D eigenvalue weighted by Gasteiger charge is -2.43. The molecule has 0 aromatic heterocycles. The molecule has 2 heterocycles. The van der Waals surface area contributed by atoms with Crippen molar-refractivity contribution in [2.75, 3.05) is 0 Å². The van der Waals surface area contributed by atoms with E-state index < -0.39 is 5.60 Å². The molecule has 3 atom stereocenters. The molecule has 2 saturated heterocycles. The lowest BCUT2D eigenvalue weighted by Crippen LogP contribution is -2.51. The highest BCUT2D eigenvalue weighted by atomic mass is 17.2. The van der Waals surface area contributed by atoms with Crippen LogP contribution in [0.1, 0.15) is 83.6 Å². The Kier molecular flexibility index (Phi) is 8.29. The highest BCUT2D eigenvalue weighted by molar-refractivity contribution is 5.73. The summed E-state index contributed by atoms with van der Waals surface area (Å²) in [6, 6.07) is 10.4. The predicted molar refractivity (Wildman–Crippen MR) is 120 cm³/mol. The Bertz CT molecular complexity index is 726. The molecule has 3 rings (SSSR count). The van der Waals surface area contributed by atoms with Crippen LogP contribution in [0.2, 0.25) is 0 Å². The van der Waals surface area contributed by atoms with Crippen LogP contribution < -0.4 is 0 Å². The fourth-order valence-electron chi connectivity index (χ4n) is 4.47. The topological polar surface area (TPSA) is 44.8 Å². The van der Waals surface area contributed by atoms with Gasteiger partial charge >= 0.3 is 5.97 Å². The van der Waals surface area contributed by atoms with Gasteiger partial charge in [0.2, 0.25) is 0 Å². The number of carbonyl (C=O) groups excluding carboxylic acids is 1. The zero-order valence-electron chi connectivity index (χ0n) is 18.5. The molecule has 4 nitrogen and oxygen atoms in total. The first-order chi connectivity index (χ1) is 14.5. The van der Waals surface area contributed by atoms with Crippen molar-refractivity contribution in [1.82, 2.24) is 0 Å². The standard InChI is InChI=1S/C26H36O4/c1-25(21-26(2)23(29-30-25)20-24(27)28-26)19-15-10-8-6-4-3-5-7-9-12-16-22-17-13-11-14-18-22/h7,9,11-14,16-18,23H,3-6,8,10,15,19-21H2,1-2H3/b9-7-,16-12+/t23-,25-,26-/m0/s1. The Hall–Kier alpha value is -1.91. The average molecular weight is 413 g/mol. The summed E-state index contributed by atoms with van der Waals surface area (Å²) in [5.74, 6) is -0.183. The SMILES string of the molecule is C[C@]1(CCCCCCCC/C=C\C=C\c2ccccc2)C[C@]2(C)OC(=O)C[C@@H]2OO1. The minimum Gasteiger partial charge on any atom is -0.456 e. The van der Waals surface area contributed by atoms with Crippen LogP contribution in [0.4, 0.5) is 0 Å². The Morgan fingerprint density at radius 1 is 1.00 bits per heavy atom. The van der Waals surface area contributed by atoms with Gasteiger partial charge in [-0.25, -0.2) is 9.78 Å². The van der Waals surface area contributed by atoms with E-state index in [1.807, 2.05) is 13.0 Å². The summed E-state index contributed by atoms with van der Waals surface area (Å²) in [5.41, 5.74) is 0.335. The summed E-state index contributed by atoms with van der Waals surface area (Å²) in [7, 11) is 0. The van der Waals surface area contributed by atoms with Crippen molar-refractivity contribution in [2.24, 2.45) is 0 Å². The van der Waals surface area contributed by atoms with Gasteiger partial charge in [0, 0.05) is 6.42 Å². The maximum atomic E-state index is 11.6. The lowest BCUT2D eigenvalue weighted by molar-refractivity contribution is -0.428. The third-order valence-corrected chi connectivity index (χ3v) is 6.13. The minimum absolute atomic E-state index is 0.183. The van der Waals surface area contributed by atoms with Crippen molar-refractivity contribution < 1.29 is 19.3 Å². The first kappa shape index (κ1) is 22.8. The number of fused-ring (bicyclic) bond motifs is 1. The van der Waals surface area contributed by atoms with Crippen molar-refractivity contribution in [1.29, 1.82) is 0 Å². The number of ether oxygens (including phenoxy) is 1. The van der Waals surface area contributed by atoms with Crippen molar-refractivity contribution in [2.45, 2.75) is 95.4 Å². The van der Waals surface area contributed by atoms with Crippen LogP contribution in [0, 0.1) is 0 Å².